The maximum Gasteiger partial charge on any atom is 0.159 e. The molecule has 1 aliphatic heterocycles. The molecule has 23 heavy (non-hydrogen) atoms. The molecule has 0 amide bonds. The molecule has 0 radical (unpaired) electrons. The highest BCUT2D eigenvalue weighted by Crippen LogP contribution is 2.34. The van der Waals surface area contributed by atoms with E-state index in [0.29, 0.717) is 6.54 Å². The van der Waals surface area contributed by atoms with E-state index in [1.54, 1.807) is 12.3 Å². The lowest BCUT2D eigenvalue weighted by Crippen LogP contribution is -2.23. The van der Waals surface area contributed by atoms with Gasteiger partial charge < -0.3 is 4.98 Å². The molecule has 1 atom stereocenters. The molecule has 0 aliphatic carbocycles. The molecule has 118 valence electrons. The van der Waals surface area contributed by atoms with Gasteiger partial charge in [-0.05, 0) is 55.3 Å². The van der Waals surface area contributed by atoms with E-state index in [-0.39, 0.29) is 6.04 Å². The molecule has 3 heterocycles. The summed E-state index contributed by atoms with van der Waals surface area (Å²) in [6, 6.07) is 10.5. The highest BCUT2D eigenvalue weighted by Gasteiger charge is 2.27. The first-order valence-electron chi connectivity index (χ1n) is 7.82. The standard InChI is InChI=1S/C18H17F2N3/c19-14-6-5-12(9-15(14)20)11-23-8-2-4-17(23)16-10-13-3-1-7-21-18(13)22-16/h1,3,5-7,9-10,17H,2,4,8,11H2,(H,21,22). The molecular formula is C18H17F2N3. The monoisotopic (exact) mass is 313 g/mol. The Morgan fingerprint density at radius 1 is 1.17 bits per heavy atom. The van der Waals surface area contributed by atoms with Gasteiger partial charge in [0.05, 0.1) is 6.04 Å². The fourth-order valence-corrected chi connectivity index (χ4v) is 3.40. The lowest BCUT2D eigenvalue weighted by Gasteiger charge is -2.23. The summed E-state index contributed by atoms with van der Waals surface area (Å²) in [5.41, 5.74) is 2.82. The van der Waals surface area contributed by atoms with Crippen molar-refractivity contribution in [3.63, 3.8) is 0 Å². The van der Waals surface area contributed by atoms with Crippen LogP contribution in [0.25, 0.3) is 11.0 Å². The second kappa shape index (κ2) is 5.74. The molecule has 1 aliphatic rings. The zero-order chi connectivity index (χ0) is 15.8. The van der Waals surface area contributed by atoms with E-state index >= 15 is 0 Å². The molecule has 0 spiro atoms. The van der Waals surface area contributed by atoms with Crippen molar-refractivity contribution >= 4 is 11.0 Å². The number of nitrogens with one attached hydrogen (secondary N) is 1. The maximum atomic E-state index is 13.4. The number of halogens is 2. The molecule has 0 bridgehead atoms. The van der Waals surface area contributed by atoms with Crippen LogP contribution in [-0.4, -0.2) is 21.4 Å². The number of rotatable bonds is 3. The molecule has 1 fully saturated rings. The molecular weight excluding hydrogens is 296 g/mol. The van der Waals surface area contributed by atoms with Gasteiger partial charge in [-0.1, -0.05) is 6.07 Å². The van der Waals surface area contributed by atoms with Crippen molar-refractivity contribution in [1.82, 2.24) is 14.9 Å². The lowest BCUT2D eigenvalue weighted by molar-refractivity contribution is 0.244. The smallest absolute Gasteiger partial charge is 0.159 e. The first-order chi connectivity index (χ1) is 11.2. The van der Waals surface area contributed by atoms with Crippen molar-refractivity contribution in [2.24, 2.45) is 0 Å². The Hall–Kier alpha value is -2.27. The summed E-state index contributed by atoms with van der Waals surface area (Å²) >= 11 is 0. The highest BCUT2D eigenvalue weighted by atomic mass is 19.2. The number of nitrogens with zero attached hydrogens (tertiary/aromatic N) is 2. The van der Waals surface area contributed by atoms with Crippen LogP contribution in [0.4, 0.5) is 8.78 Å². The number of H-pyrrole nitrogens is 1. The van der Waals surface area contributed by atoms with Gasteiger partial charge in [0.25, 0.3) is 0 Å². The topological polar surface area (TPSA) is 31.9 Å². The first kappa shape index (κ1) is 14.3. The molecule has 3 nitrogen and oxygen atoms in total. The van der Waals surface area contributed by atoms with E-state index in [2.05, 4.69) is 20.9 Å². The van der Waals surface area contributed by atoms with Crippen LogP contribution in [0.5, 0.6) is 0 Å². The molecule has 1 N–H and O–H groups in total. The van der Waals surface area contributed by atoms with Crippen LogP contribution in [0.3, 0.4) is 0 Å². The highest BCUT2D eigenvalue weighted by molar-refractivity contribution is 5.76. The second-order valence-electron chi connectivity index (χ2n) is 6.04. The van der Waals surface area contributed by atoms with E-state index in [1.165, 1.54) is 12.1 Å². The van der Waals surface area contributed by atoms with Gasteiger partial charge in [0.1, 0.15) is 5.65 Å². The lowest BCUT2D eigenvalue weighted by atomic mass is 10.1. The van der Waals surface area contributed by atoms with Crippen molar-refractivity contribution in [2.45, 2.75) is 25.4 Å². The summed E-state index contributed by atoms with van der Waals surface area (Å²) in [4.78, 5) is 10.0. The summed E-state index contributed by atoms with van der Waals surface area (Å²) in [5.74, 6) is -1.58. The molecule has 4 rings (SSSR count). The second-order valence-corrected chi connectivity index (χ2v) is 6.04. The number of benzene rings is 1. The fraction of sp³-hybridized carbons (Fsp3) is 0.278. The van der Waals surface area contributed by atoms with Crippen molar-refractivity contribution in [2.75, 3.05) is 6.54 Å². The largest absolute Gasteiger partial charge is 0.342 e. The molecule has 1 saturated heterocycles. The summed E-state index contributed by atoms with van der Waals surface area (Å²) in [6.07, 6.45) is 3.92. The predicted molar refractivity (Wildman–Crippen MR) is 84.8 cm³/mol. The molecule has 2 aromatic heterocycles. The molecule has 0 saturated carbocycles. The average molecular weight is 313 g/mol. The fourth-order valence-electron chi connectivity index (χ4n) is 3.40. The van der Waals surface area contributed by atoms with Crippen LogP contribution >= 0.6 is 0 Å². The van der Waals surface area contributed by atoms with E-state index in [4.69, 9.17) is 0 Å². The Balaban J connectivity index is 1.59. The summed E-state index contributed by atoms with van der Waals surface area (Å²) in [6.45, 7) is 1.57. The van der Waals surface area contributed by atoms with Gasteiger partial charge in [-0.15, -0.1) is 0 Å². The summed E-state index contributed by atoms with van der Waals surface area (Å²) in [7, 11) is 0. The van der Waals surface area contributed by atoms with Gasteiger partial charge in [0, 0.05) is 23.8 Å². The summed E-state index contributed by atoms with van der Waals surface area (Å²) < 4.78 is 26.5. The van der Waals surface area contributed by atoms with Crippen LogP contribution in [-0.2, 0) is 6.54 Å². The van der Waals surface area contributed by atoms with Gasteiger partial charge in [-0.3, -0.25) is 4.90 Å². The van der Waals surface area contributed by atoms with Gasteiger partial charge in [-0.2, -0.15) is 0 Å². The van der Waals surface area contributed by atoms with Crippen LogP contribution < -0.4 is 0 Å². The van der Waals surface area contributed by atoms with E-state index in [0.717, 1.165) is 41.7 Å². The zero-order valence-corrected chi connectivity index (χ0v) is 12.6. The molecule has 3 aromatic rings. The Morgan fingerprint density at radius 3 is 2.91 bits per heavy atom. The number of aromatic amines is 1. The third-order valence-electron chi connectivity index (χ3n) is 4.51. The van der Waals surface area contributed by atoms with E-state index in [9.17, 15) is 8.78 Å². The van der Waals surface area contributed by atoms with Crippen molar-refractivity contribution < 1.29 is 8.78 Å². The van der Waals surface area contributed by atoms with Crippen LogP contribution in [0.15, 0.2) is 42.6 Å². The number of likely N-dealkylation sites (tertiary alicyclic amines) is 1. The Kier molecular flexibility index (Phi) is 3.58. The third kappa shape index (κ3) is 2.72. The Bertz CT molecular complexity index is 810. The predicted octanol–water partition coefficient (Wildman–Crippen LogP) is 4.18. The normalized spacial score (nSPS) is 18.8. The van der Waals surface area contributed by atoms with E-state index in [1.807, 2.05) is 12.1 Å². The Labute approximate surface area is 133 Å². The summed E-state index contributed by atoms with van der Waals surface area (Å²) in [5, 5.41) is 1.10. The number of pyridine rings is 1. The van der Waals surface area contributed by atoms with Gasteiger partial charge in [-0.25, -0.2) is 13.8 Å². The number of hydrogen-bond acceptors (Lipinski definition) is 2. The minimum absolute atomic E-state index is 0.261. The first-order valence-corrected chi connectivity index (χ1v) is 7.82. The third-order valence-corrected chi connectivity index (χ3v) is 4.51. The number of aromatic nitrogens is 2. The van der Waals surface area contributed by atoms with Gasteiger partial charge in [0.2, 0.25) is 0 Å². The minimum Gasteiger partial charge on any atom is -0.342 e. The molecule has 5 heteroatoms. The number of hydrogen-bond donors (Lipinski definition) is 1. The van der Waals surface area contributed by atoms with Crippen molar-refractivity contribution in [1.29, 1.82) is 0 Å². The minimum atomic E-state index is -0.798. The van der Waals surface area contributed by atoms with Crippen LogP contribution in [0.2, 0.25) is 0 Å². The Morgan fingerprint density at radius 2 is 2.09 bits per heavy atom. The molecule has 1 unspecified atom stereocenters. The average Bonchev–Trinajstić information content (AvgIpc) is 3.16. The molecule has 1 aromatic carbocycles. The van der Waals surface area contributed by atoms with Crippen LogP contribution in [0, 0.1) is 11.6 Å². The number of fused-ring (bicyclic) bond motifs is 1. The van der Waals surface area contributed by atoms with Gasteiger partial charge in [0.15, 0.2) is 11.6 Å². The van der Waals surface area contributed by atoms with E-state index < -0.39 is 11.6 Å². The maximum absolute atomic E-state index is 13.4. The van der Waals surface area contributed by atoms with Crippen molar-refractivity contribution in [3.05, 3.63) is 65.5 Å². The van der Waals surface area contributed by atoms with Crippen molar-refractivity contribution in [3.8, 4) is 0 Å². The zero-order valence-electron chi connectivity index (χ0n) is 12.6. The van der Waals surface area contributed by atoms with Crippen LogP contribution in [0.1, 0.15) is 30.1 Å². The van der Waals surface area contributed by atoms with Gasteiger partial charge >= 0.3 is 0 Å². The SMILES string of the molecule is Fc1ccc(CN2CCCC2c2cc3cccnc3[nH]2)cc1F. The quantitative estimate of drug-likeness (QED) is 0.786.